The number of anilines is 2. The van der Waals surface area contributed by atoms with Gasteiger partial charge in [-0.15, -0.1) is 10.2 Å². The van der Waals surface area contributed by atoms with Gasteiger partial charge in [-0.2, -0.15) is 0 Å². The molecular formula is C17H21ClN4O3. The van der Waals surface area contributed by atoms with Gasteiger partial charge < -0.3 is 19.7 Å². The molecule has 1 heterocycles. The molecule has 1 N–H and O–H groups in total. The molecule has 0 aliphatic carbocycles. The molecule has 0 aliphatic heterocycles. The van der Waals surface area contributed by atoms with Crippen LogP contribution in [0.5, 0.6) is 11.5 Å². The molecule has 134 valence electrons. The average molecular weight is 365 g/mol. The minimum atomic E-state index is -0.144. The van der Waals surface area contributed by atoms with Gasteiger partial charge in [-0.05, 0) is 26.0 Å². The Bertz CT molecular complexity index is 733. The lowest BCUT2D eigenvalue weighted by Crippen LogP contribution is -2.31. The van der Waals surface area contributed by atoms with Crippen LogP contribution >= 0.6 is 11.6 Å². The van der Waals surface area contributed by atoms with E-state index >= 15 is 0 Å². The van der Waals surface area contributed by atoms with Crippen LogP contribution in [0.4, 0.5) is 11.5 Å². The second-order valence-electron chi connectivity index (χ2n) is 5.09. The quantitative estimate of drug-likeness (QED) is 0.811. The number of hydrogen-bond donors (Lipinski definition) is 1. The third kappa shape index (κ3) is 4.30. The first kappa shape index (κ1) is 18.8. The number of carbonyl (C=O) groups excluding carboxylic acids is 1. The number of aromatic nitrogens is 2. The summed E-state index contributed by atoms with van der Waals surface area (Å²) >= 11 is 6.09. The summed E-state index contributed by atoms with van der Waals surface area (Å²) in [5.41, 5.74) is 0.927. The molecule has 0 atom stereocenters. The Kier molecular flexibility index (Phi) is 6.41. The SMILES string of the molecule is CCN(CC)C(=O)c1ccc(Nc2cc(OC)c(Cl)cc2OC)nn1. The Labute approximate surface area is 151 Å². The molecule has 8 heteroatoms. The first-order chi connectivity index (χ1) is 12.0. The molecule has 2 rings (SSSR count). The topological polar surface area (TPSA) is 76.6 Å². The monoisotopic (exact) mass is 364 g/mol. The first-order valence-electron chi connectivity index (χ1n) is 7.85. The number of ether oxygens (including phenoxy) is 2. The lowest BCUT2D eigenvalue weighted by Gasteiger charge is -2.17. The summed E-state index contributed by atoms with van der Waals surface area (Å²) in [5.74, 6) is 1.37. The fourth-order valence-corrected chi connectivity index (χ4v) is 2.51. The molecule has 0 spiro atoms. The summed E-state index contributed by atoms with van der Waals surface area (Å²) in [6.07, 6.45) is 0. The molecule has 1 aromatic carbocycles. The van der Waals surface area contributed by atoms with Gasteiger partial charge >= 0.3 is 0 Å². The van der Waals surface area contributed by atoms with Gasteiger partial charge in [-0.25, -0.2) is 0 Å². The minimum absolute atomic E-state index is 0.144. The Morgan fingerprint density at radius 2 is 1.80 bits per heavy atom. The van der Waals surface area contributed by atoms with E-state index in [1.54, 1.807) is 36.3 Å². The Morgan fingerprint density at radius 1 is 1.12 bits per heavy atom. The van der Waals surface area contributed by atoms with E-state index < -0.39 is 0 Å². The van der Waals surface area contributed by atoms with Gasteiger partial charge in [0.25, 0.3) is 5.91 Å². The highest BCUT2D eigenvalue weighted by Crippen LogP contribution is 2.36. The minimum Gasteiger partial charge on any atom is -0.495 e. The van der Waals surface area contributed by atoms with E-state index in [-0.39, 0.29) is 5.91 Å². The Hall–Kier alpha value is -2.54. The summed E-state index contributed by atoms with van der Waals surface area (Å²) in [5, 5.41) is 11.6. The van der Waals surface area contributed by atoms with Crippen LogP contribution in [0.1, 0.15) is 24.3 Å². The van der Waals surface area contributed by atoms with Gasteiger partial charge in [-0.1, -0.05) is 11.6 Å². The van der Waals surface area contributed by atoms with E-state index in [1.165, 1.54) is 7.11 Å². The summed E-state index contributed by atoms with van der Waals surface area (Å²) in [4.78, 5) is 13.9. The first-order valence-corrected chi connectivity index (χ1v) is 8.23. The summed E-state index contributed by atoms with van der Waals surface area (Å²) in [6.45, 7) is 5.09. The lowest BCUT2D eigenvalue weighted by molar-refractivity contribution is 0.0766. The standard InChI is InChI=1S/C17H21ClN4O3/c1-5-22(6-2)17(23)12-7-8-16(21-20-12)19-13-10-14(24-3)11(18)9-15(13)25-4/h7-10H,5-6H2,1-4H3,(H,19,21). The van der Waals surface area contributed by atoms with Gasteiger partial charge in [0.05, 0.1) is 24.9 Å². The van der Waals surface area contributed by atoms with Crippen molar-refractivity contribution in [1.29, 1.82) is 0 Å². The Balaban J connectivity index is 2.23. The third-order valence-corrected chi connectivity index (χ3v) is 3.97. The van der Waals surface area contributed by atoms with Crippen molar-refractivity contribution < 1.29 is 14.3 Å². The number of nitrogens with one attached hydrogen (secondary N) is 1. The molecular weight excluding hydrogens is 344 g/mol. The fourth-order valence-electron chi connectivity index (χ4n) is 2.28. The van der Waals surface area contributed by atoms with Crippen molar-refractivity contribution in [3.8, 4) is 11.5 Å². The number of amides is 1. The number of nitrogens with zero attached hydrogens (tertiary/aromatic N) is 3. The molecule has 0 saturated heterocycles. The van der Waals surface area contributed by atoms with Crippen LogP contribution in [0.15, 0.2) is 24.3 Å². The van der Waals surface area contributed by atoms with Crippen LogP contribution in [-0.4, -0.2) is 48.3 Å². The molecule has 1 aromatic heterocycles. The van der Waals surface area contributed by atoms with Crippen molar-refractivity contribution in [2.24, 2.45) is 0 Å². The van der Waals surface area contributed by atoms with Gasteiger partial charge in [-0.3, -0.25) is 4.79 Å². The van der Waals surface area contributed by atoms with Crippen molar-refractivity contribution in [2.75, 3.05) is 32.6 Å². The maximum Gasteiger partial charge on any atom is 0.274 e. The molecule has 0 radical (unpaired) electrons. The number of rotatable bonds is 7. The van der Waals surface area contributed by atoms with Crippen LogP contribution < -0.4 is 14.8 Å². The highest BCUT2D eigenvalue weighted by atomic mass is 35.5. The predicted octanol–water partition coefficient (Wildman–Crippen LogP) is 3.37. The van der Waals surface area contributed by atoms with E-state index in [2.05, 4.69) is 15.5 Å². The molecule has 0 unspecified atom stereocenters. The number of hydrogen-bond acceptors (Lipinski definition) is 6. The predicted molar refractivity (Wildman–Crippen MR) is 97.1 cm³/mol. The van der Waals surface area contributed by atoms with Crippen LogP contribution in [0.3, 0.4) is 0 Å². The van der Waals surface area contributed by atoms with Gasteiger partial charge in [0.2, 0.25) is 0 Å². The number of methoxy groups -OCH3 is 2. The zero-order valence-corrected chi connectivity index (χ0v) is 15.4. The highest BCUT2D eigenvalue weighted by Gasteiger charge is 2.15. The maximum absolute atomic E-state index is 12.2. The van der Waals surface area contributed by atoms with Crippen molar-refractivity contribution in [3.63, 3.8) is 0 Å². The molecule has 2 aromatic rings. The van der Waals surface area contributed by atoms with Gasteiger partial charge in [0.15, 0.2) is 11.5 Å². The van der Waals surface area contributed by atoms with E-state index in [9.17, 15) is 4.79 Å². The molecule has 1 amide bonds. The average Bonchev–Trinajstić information content (AvgIpc) is 2.64. The molecule has 0 aliphatic rings. The fraction of sp³-hybridized carbons (Fsp3) is 0.353. The van der Waals surface area contributed by atoms with Gasteiger partial charge in [0.1, 0.15) is 11.5 Å². The highest BCUT2D eigenvalue weighted by molar-refractivity contribution is 6.32. The number of benzene rings is 1. The largest absolute Gasteiger partial charge is 0.495 e. The zero-order valence-electron chi connectivity index (χ0n) is 14.7. The van der Waals surface area contributed by atoms with Crippen LogP contribution in [0.2, 0.25) is 5.02 Å². The van der Waals surface area contributed by atoms with Crippen LogP contribution in [0, 0.1) is 0 Å². The van der Waals surface area contributed by atoms with Crippen molar-refractivity contribution >= 4 is 29.0 Å². The maximum atomic E-state index is 12.2. The van der Waals surface area contributed by atoms with Crippen LogP contribution in [0.25, 0.3) is 0 Å². The third-order valence-electron chi connectivity index (χ3n) is 3.67. The molecule has 7 nitrogen and oxygen atoms in total. The summed E-state index contributed by atoms with van der Waals surface area (Å²) in [6, 6.07) is 6.67. The molecule has 0 fully saturated rings. The second-order valence-corrected chi connectivity index (χ2v) is 5.50. The lowest BCUT2D eigenvalue weighted by atomic mass is 10.2. The molecule has 0 bridgehead atoms. The zero-order chi connectivity index (χ0) is 18.4. The van der Waals surface area contributed by atoms with Crippen molar-refractivity contribution in [2.45, 2.75) is 13.8 Å². The van der Waals surface area contributed by atoms with E-state index in [4.69, 9.17) is 21.1 Å². The molecule has 25 heavy (non-hydrogen) atoms. The van der Waals surface area contributed by atoms with Crippen molar-refractivity contribution in [1.82, 2.24) is 15.1 Å². The van der Waals surface area contributed by atoms with E-state index in [1.807, 2.05) is 13.8 Å². The summed E-state index contributed by atoms with van der Waals surface area (Å²) < 4.78 is 10.5. The number of halogens is 1. The van der Waals surface area contributed by atoms with Crippen molar-refractivity contribution in [3.05, 3.63) is 35.0 Å². The van der Waals surface area contributed by atoms with E-state index in [0.29, 0.717) is 46.8 Å². The number of carbonyl (C=O) groups is 1. The molecule has 0 saturated carbocycles. The second kappa shape index (κ2) is 8.53. The van der Waals surface area contributed by atoms with E-state index in [0.717, 1.165) is 0 Å². The Morgan fingerprint density at radius 3 is 2.32 bits per heavy atom. The smallest absolute Gasteiger partial charge is 0.274 e. The summed E-state index contributed by atoms with van der Waals surface area (Å²) in [7, 11) is 3.08. The van der Waals surface area contributed by atoms with Gasteiger partial charge in [0, 0.05) is 25.2 Å². The normalized spacial score (nSPS) is 10.3. The van der Waals surface area contributed by atoms with Crippen LogP contribution in [-0.2, 0) is 0 Å².